The second kappa shape index (κ2) is 7.82. The smallest absolute Gasteiger partial charge is 1.00 e. The lowest BCUT2D eigenvalue weighted by atomic mass is 9.85. The Kier molecular flexibility index (Phi) is 6.54. The van der Waals surface area contributed by atoms with Gasteiger partial charge in [-0.15, -0.1) is 0 Å². The predicted octanol–water partition coefficient (Wildman–Crippen LogP) is -1.40. The van der Waals surface area contributed by atoms with E-state index in [1.54, 1.807) is 6.20 Å². The highest BCUT2D eigenvalue weighted by Crippen LogP contribution is 2.34. The molecular weight excluding hydrogens is 342 g/mol. The van der Waals surface area contributed by atoms with Crippen molar-refractivity contribution in [2.75, 3.05) is 0 Å². The largest absolute Gasteiger partial charge is 1.00 e. The normalized spacial score (nSPS) is 15.8. The Balaban J connectivity index is 0.00000156. The van der Waals surface area contributed by atoms with Crippen molar-refractivity contribution in [1.29, 1.82) is 0 Å². The van der Waals surface area contributed by atoms with E-state index in [9.17, 15) is 4.79 Å². The van der Waals surface area contributed by atoms with Crippen molar-refractivity contribution in [3.63, 3.8) is 0 Å². The molecular formula is C18H24ClN3O3. The number of Topliss-reactive ketones (excluding diaryl/α,β-unsaturated/α-hetero) is 1. The minimum Gasteiger partial charge on any atom is -1.00 e. The predicted molar refractivity (Wildman–Crippen MR) is 94.4 cm³/mol. The minimum absolute atomic E-state index is 0. The Morgan fingerprint density at radius 1 is 1.28 bits per heavy atom. The van der Waals surface area contributed by atoms with Gasteiger partial charge in [0.15, 0.2) is 5.78 Å². The first-order chi connectivity index (χ1) is 10.7. The van der Waals surface area contributed by atoms with Crippen LogP contribution in [0.1, 0.15) is 29.7 Å². The van der Waals surface area contributed by atoms with Crippen molar-refractivity contribution in [1.82, 2.24) is 14.1 Å². The molecule has 0 aliphatic heterocycles. The number of aryl methyl sites for hydroxylation is 2. The molecule has 6 nitrogen and oxygen atoms in total. The molecule has 1 atom stereocenters. The number of fused-ring (bicyclic) bond motifs is 3. The van der Waals surface area contributed by atoms with E-state index in [1.165, 1.54) is 5.69 Å². The fourth-order valence-electron chi connectivity index (χ4n) is 3.67. The minimum atomic E-state index is 0. The molecule has 0 spiro atoms. The fraction of sp³-hybridized carbons (Fsp3) is 0.333. The third-order valence-electron chi connectivity index (χ3n) is 4.92. The van der Waals surface area contributed by atoms with Crippen LogP contribution in [0.4, 0.5) is 0 Å². The lowest BCUT2D eigenvalue weighted by Gasteiger charge is -2.23. The lowest BCUT2D eigenvalue weighted by Crippen LogP contribution is -3.00. The molecule has 1 aliphatic carbocycles. The molecule has 25 heavy (non-hydrogen) atoms. The molecule has 0 bridgehead atoms. The van der Waals surface area contributed by atoms with Crippen LogP contribution in [0.3, 0.4) is 0 Å². The SMILES string of the molecule is Cc1nccn1CC1CCc2c(c3ccccc3n2C)C1=O.O.O.[Cl-].[H+]. The first-order valence-corrected chi connectivity index (χ1v) is 7.75. The summed E-state index contributed by atoms with van der Waals surface area (Å²) >= 11 is 0. The van der Waals surface area contributed by atoms with Crippen LogP contribution in [0.5, 0.6) is 0 Å². The highest BCUT2D eigenvalue weighted by atomic mass is 35.5. The Morgan fingerprint density at radius 3 is 2.68 bits per heavy atom. The number of hydrogen-bond acceptors (Lipinski definition) is 2. The van der Waals surface area contributed by atoms with Crippen molar-refractivity contribution < 1.29 is 29.6 Å². The molecule has 0 saturated carbocycles. The first-order valence-electron chi connectivity index (χ1n) is 7.75. The van der Waals surface area contributed by atoms with Crippen molar-refractivity contribution in [2.45, 2.75) is 26.3 Å². The molecule has 2 aromatic heterocycles. The maximum Gasteiger partial charge on any atom is 1.00 e. The van der Waals surface area contributed by atoms with Crippen molar-refractivity contribution in [2.24, 2.45) is 13.0 Å². The van der Waals surface area contributed by atoms with E-state index in [4.69, 9.17) is 0 Å². The lowest BCUT2D eigenvalue weighted by molar-refractivity contribution is -0.0000154. The van der Waals surface area contributed by atoms with Crippen molar-refractivity contribution in [3.05, 3.63) is 53.7 Å². The van der Waals surface area contributed by atoms with Gasteiger partial charge >= 0.3 is 1.43 Å². The number of imidazole rings is 1. The second-order valence-electron chi connectivity index (χ2n) is 6.12. The maximum absolute atomic E-state index is 13.0. The summed E-state index contributed by atoms with van der Waals surface area (Å²) in [5, 5.41) is 1.09. The summed E-state index contributed by atoms with van der Waals surface area (Å²) in [4.78, 5) is 17.3. The Morgan fingerprint density at radius 2 is 2.00 bits per heavy atom. The standard InChI is InChI=1S/C18H19N3O.ClH.2H2O/c1-12-19-9-10-21(12)11-13-7-8-16-17(18(13)22)14-5-3-4-6-15(14)20(16)2;;;/h3-6,9-10,13H,7-8,11H2,1-2H3;1H;2*1H2. The number of nitrogens with zero attached hydrogens (tertiary/aromatic N) is 3. The highest BCUT2D eigenvalue weighted by Gasteiger charge is 2.32. The summed E-state index contributed by atoms with van der Waals surface area (Å²) < 4.78 is 4.26. The van der Waals surface area contributed by atoms with Crippen LogP contribution in [-0.2, 0) is 20.0 Å². The number of carbonyl (C=O) groups excluding carboxylic acids is 1. The van der Waals surface area contributed by atoms with Crippen LogP contribution in [-0.4, -0.2) is 30.9 Å². The zero-order chi connectivity index (χ0) is 15.3. The number of aromatic nitrogens is 3. The van der Waals surface area contributed by atoms with Gasteiger partial charge in [0.05, 0.1) is 0 Å². The van der Waals surface area contributed by atoms with E-state index < -0.39 is 0 Å². The van der Waals surface area contributed by atoms with Gasteiger partial charge in [-0.05, 0) is 25.8 Å². The molecule has 136 valence electrons. The summed E-state index contributed by atoms with van der Waals surface area (Å²) in [6.45, 7) is 2.71. The number of para-hydroxylation sites is 1. The summed E-state index contributed by atoms with van der Waals surface area (Å²) in [5.41, 5.74) is 3.28. The number of ketones is 1. The average molecular weight is 366 g/mol. The van der Waals surface area contributed by atoms with E-state index in [-0.39, 0.29) is 36.5 Å². The van der Waals surface area contributed by atoms with Crippen molar-refractivity contribution >= 4 is 16.7 Å². The number of hydrogen-bond donors (Lipinski definition) is 0. The van der Waals surface area contributed by atoms with Crippen LogP contribution >= 0.6 is 0 Å². The average Bonchev–Trinajstić information content (AvgIpc) is 3.05. The number of halogens is 1. The molecule has 2 heterocycles. The zero-order valence-corrected chi connectivity index (χ0v) is 15.0. The Hall–Kier alpha value is -2.15. The van der Waals surface area contributed by atoms with E-state index in [0.29, 0.717) is 0 Å². The van der Waals surface area contributed by atoms with Crippen LogP contribution in [0.15, 0.2) is 36.7 Å². The summed E-state index contributed by atoms with van der Waals surface area (Å²) in [7, 11) is 2.06. The molecule has 0 radical (unpaired) electrons. The van der Waals surface area contributed by atoms with E-state index in [2.05, 4.69) is 33.3 Å². The topological polar surface area (TPSA) is 103 Å². The Labute approximate surface area is 154 Å². The van der Waals surface area contributed by atoms with Crippen LogP contribution < -0.4 is 12.4 Å². The summed E-state index contributed by atoms with van der Waals surface area (Å²) in [5.74, 6) is 1.30. The van der Waals surface area contributed by atoms with Gasteiger partial charge in [0.1, 0.15) is 5.82 Å². The monoisotopic (exact) mass is 365 g/mol. The molecule has 0 saturated heterocycles. The van der Waals surface area contributed by atoms with Gasteiger partial charge < -0.3 is 32.5 Å². The highest BCUT2D eigenvalue weighted by molar-refractivity contribution is 6.11. The molecule has 4 rings (SSSR count). The number of carbonyl (C=O) groups is 1. The van der Waals surface area contributed by atoms with Gasteiger partial charge in [-0.25, -0.2) is 4.98 Å². The van der Waals surface area contributed by atoms with Gasteiger partial charge in [0.25, 0.3) is 0 Å². The van der Waals surface area contributed by atoms with E-state index in [0.717, 1.165) is 41.7 Å². The Bertz CT molecular complexity index is 891. The molecule has 7 heteroatoms. The van der Waals surface area contributed by atoms with Gasteiger partial charge in [-0.1, -0.05) is 18.2 Å². The number of rotatable bonds is 2. The molecule has 1 aliphatic rings. The quantitative estimate of drug-likeness (QED) is 0.557. The summed E-state index contributed by atoms with van der Waals surface area (Å²) in [6.07, 6.45) is 5.63. The first kappa shape index (κ1) is 20.9. The molecule has 4 N–H and O–H groups in total. The maximum atomic E-state index is 13.0. The van der Waals surface area contributed by atoms with Crippen LogP contribution in [0.25, 0.3) is 10.9 Å². The second-order valence-corrected chi connectivity index (χ2v) is 6.12. The summed E-state index contributed by atoms with van der Waals surface area (Å²) in [6, 6.07) is 8.21. The molecule has 0 amide bonds. The van der Waals surface area contributed by atoms with Crippen LogP contribution in [0.2, 0.25) is 0 Å². The molecule has 3 aromatic rings. The fourth-order valence-corrected chi connectivity index (χ4v) is 3.67. The third kappa shape index (κ3) is 3.20. The number of benzene rings is 1. The van der Waals surface area contributed by atoms with E-state index >= 15 is 0 Å². The van der Waals surface area contributed by atoms with Gasteiger partial charge in [-0.2, -0.15) is 0 Å². The molecule has 0 fully saturated rings. The molecule has 1 unspecified atom stereocenters. The van der Waals surface area contributed by atoms with Gasteiger partial charge in [-0.3, -0.25) is 4.79 Å². The van der Waals surface area contributed by atoms with Gasteiger partial charge in [0.2, 0.25) is 0 Å². The van der Waals surface area contributed by atoms with Crippen molar-refractivity contribution in [3.8, 4) is 0 Å². The zero-order valence-electron chi connectivity index (χ0n) is 15.3. The molecule has 1 aromatic carbocycles. The van der Waals surface area contributed by atoms with Crippen LogP contribution in [0, 0.1) is 12.8 Å². The van der Waals surface area contributed by atoms with Gasteiger partial charge in [0, 0.05) is 54.1 Å². The van der Waals surface area contributed by atoms with E-state index in [1.807, 2.05) is 25.3 Å². The third-order valence-corrected chi connectivity index (χ3v) is 4.92.